The van der Waals surface area contributed by atoms with E-state index in [0.717, 1.165) is 38.0 Å². The zero-order chi connectivity index (χ0) is 15.0. The van der Waals surface area contributed by atoms with E-state index < -0.39 is 5.54 Å². The molecule has 2 N–H and O–H groups in total. The van der Waals surface area contributed by atoms with Crippen LogP contribution in [0.15, 0.2) is 9.95 Å². The molecule has 1 aromatic rings. The van der Waals surface area contributed by atoms with Crippen molar-refractivity contribution in [2.75, 3.05) is 12.3 Å². The molecule has 0 saturated carbocycles. The van der Waals surface area contributed by atoms with Gasteiger partial charge in [-0.05, 0) is 32.2 Å². The maximum Gasteiger partial charge on any atom is 0.343 e. The number of H-pyrrole nitrogens is 1. The highest BCUT2D eigenvalue weighted by molar-refractivity contribution is 7.99. The van der Waals surface area contributed by atoms with Crippen LogP contribution < -0.4 is 11.0 Å². The Morgan fingerprint density at radius 3 is 2.80 bits per heavy atom. The van der Waals surface area contributed by atoms with Crippen molar-refractivity contribution in [3.05, 3.63) is 10.5 Å². The maximum absolute atomic E-state index is 11.2. The van der Waals surface area contributed by atoms with Gasteiger partial charge < -0.3 is 0 Å². The summed E-state index contributed by atoms with van der Waals surface area (Å²) in [6.45, 7) is 5.00. The minimum atomic E-state index is -0.423. The highest BCUT2D eigenvalue weighted by atomic mass is 32.2. The van der Waals surface area contributed by atoms with Crippen molar-refractivity contribution < 1.29 is 0 Å². The van der Waals surface area contributed by atoms with E-state index in [2.05, 4.69) is 28.5 Å². The van der Waals surface area contributed by atoms with Crippen LogP contribution in [-0.4, -0.2) is 32.6 Å². The second kappa shape index (κ2) is 8.12. The van der Waals surface area contributed by atoms with Gasteiger partial charge in [0.25, 0.3) is 0 Å². The Kier molecular flexibility index (Phi) is 6.82. The topological polar surface area (TPSA) is 86.5 Å². The molecule has 1 atom stereocenters. The van der Waals surface area contributed by atoms with Crippen molar-refractivity contribution >= 4 is 11.8 Å². The number of aromatic nitrogens is 3. The van der Waals surface area contributed by atoms with Crippen molar-refractivity contribution in [1.82, 2.24) is 20.1 Å². The van der Waals surface area contributed by atoms with Crippen LogP contribution in [0.4, 0.5) is 0 Å². The van der Waals surface area contributed by atoms with Gasteiger partial charge in [0.15, 0.2) is 5.16 Å². The molecule has 7 heteroatoms. The largest absolute Gasteiger partial charge is 0.343 e. The van der Waals surface area contributed by atoms with E-state index in [9.17, 15) is 10.1 Å². The molecule has 0 fully saturated rings. The van der Waals surface area contributed by atoms with Gasteiger partial charge in [0, 0.05) is 12.8 Å². The van der Waals surface area contributed by atoms with E-state index >= 15 is 0 Å². The summed E-state index contributed by atoms with van der Waals surface area (Å²) in [6, 6.07) is 2.42. The standard InChI is InChI=1S/C13H23N5OS/c1-4-8-15-13(5-2,10-14)7-6-9-20-12-17-16-11(19)18(12)3/h15H,4-9H2,1-3H3,(H,16,19). The molecule has 0 amide bonds. The van der Waals surface area contributed by atoms with E-state index in [1.54, 1.807) is 7.05 Å². The smallest absolute Gasteiger partial charge is 0.299 e. The number of aromatic amines is 1. The zero-order valence-electron chi connectivity index (χ0n) is 12.4. The normalized spacial score (nSPS) is 13.9. The van der Waals surface area contributed by atoms with Gasteiger partial charge >= 0.3 is 5.69 Å². The van der Waals surface area contributed by atoms with Crippen LogP contribution in [0.2, 0.25) is 0 Å². The number of hydrogen-bond acceptors (Lipinski definition) is 5. The molecule has 112 valence electrons. The predicted molar refractivity (Wildman–Crippen MR) is 80.7 cm³/mol. The monoisotopic (exact) mass is 297 g/mol. The van der Waals surface area contributed by atoms with E-state index in [1.165, 1.54) is 16.3 Å². The van der Waals surface area contributed by atoms with Gasteiger partial charge in [-0.25, -0.2) is 9.89 Å². The quantitative estimate of drug-likeness (QED) is 0.534. The van der Waals surface area contributed by atoms with Gasteiger partial charge in [-0.15, -0.1) is 5.10 Å². The van der Waals surface area contributed by atoms with Crippen LogP contribution in [0.5, 0.6) is 0 Å². The molecule has 0 radical (unpaired) electrons. The predicted octanol–water partition coefficient (Wildman–Crippen LogP) is 1.65. The van der Waals surface area contributed by atoms with E-state index in [0.29, 0.717) is 5.16 Å². The molecule has 0 aliphatic heterocycles. The Hall–Kier alpha value is -1.26. The lowest BCUT2D eigenvalue weighted by atomic mass is 9.92. The molecule has 6 nitrogen and oxygen atoms in total. The molecule has 0 aromatic carbocycles. The molecule has 0 aliphatic carbocycles. The first-order valence-electron chi connectivity index (χ1n) is 6.99. The number of nitrogens with zero attached hydrogens (tertiary/aromatic N) is 3. The lowest BCUT2D eigenvalue weighted by Crippen LogP contribution is -2.43. The van der Waals surface area contributed by atoms with Gasteiger partial charge in [-0.2, -0.15) is 5.26 Å². The lowest BCUT2D eigenvalue weighted by Gasteiger charge is -2.26. The third-order valence-electron chi connectivity index (χ3n) is 3.35. The first-order valence-corrected chi connectivity index (χ1v) is 7.97. The Bertz CT molecular complexity index is 504. The lowest BCUT2D eigenvalue weighted by molar-refractivity contribution is 0.371. The summed E-state index contributed by atoms with van der Waals surface area (Å²) in [5.74, 6) is 0.843. The second-order valence-electron chi connectivity index (χ2n) is 4.80. The highest BCUT2D eigenvalue weighted by Gasteiger charge is 2.26. The SMILES string of the molecule is CCCNC(C#N)(CC)CCCSc1n[nH]c(=O)n1C. The maximum atomic E-state index is 11.2. The van der Waals surface area contributed by atoms with Crippen LogP contribution in [0.3, 0.4) is 0 Å². The fourth-order valence-electron chi connectivity index (χ4n) is 1.93. The van der Waals surface area contributed by atoms with Crippen molar-refractivity contribution in [2.45, 2.75) is 50.2 Å². The fraction of sp³-hybridized carbons (Fsp3) is 0.769. The summed E-state index contributed by atoms with van der Waals surface area (Å²) in [5.41, 5.74) is -0.620. The zero-order valence-corrected chi connectivity index (χ0v) is 13.2. The Morgan fingerprint density at radius 1 is 1.55 bits per heavy atom. The summed E-state index contributed by atoms with van der Waals surface area (Å²) in [5, 5.41) is 19.8. The van der Waals surface area contributed by atoms with Crippen LogP contribution in [0.25, 0.3) is 0 Å². The first-order chi connectivity index (χ1) is 9.58. The van der Waals surface area contributed by atoms with Gasteiger partial charge in [0.1, 0.15) is 5.54 Å². The molecule has 1 unspecified atom stereocenters. The molecular formula is C13H23N5OS. The molecule has 0 bridgehead atoms. The third kappa shape index (κ3) is 4.39. The molecule has 20 heavy (non-hydrogen) atoms. The minimum absolute atomic E-state index is 0.197. The first kappa shape index (κ1) is 16.8. The molecule has 1 rings (SSSR count). The molecule has 0 spiro atoms. The second-order valence-corrected chi connectivity index (χ2v) is 5.86. The summed E-state index contributed by atoms with van der Waals surface area (Å²) in [7, 11) is 1.70. The van der Waals surface area contributed by atoms with Crippen LogP contribution in [0, 0.1) is 11.3 Å². The van der Waals surface area contributed by atoms with Gasteiger partial charge in [0.05, 0.1) is 6.07 Å². The van der Waals surface area contributed by atoms with Crippen molar-refractivity contribution in [3.8, 4) is 6.07 Å². The van der Waals surface area contributed by atoms with Crippen LogP contribution >= 0.6 is 11.8 Å². The molecular weight excluding hydrogens is 274 g/mol. The molecule has 1 aromatic heterocycles. The van der Waals surface area contributed by atoms with Gasteiger partial charge in [-0.3, -0.25) is 9.88 Å². The van der Waals surface area contributed by atoms with E-state index in [4.69, 9.17) is 0 Å². The molecule has 1 heterocycles. The Balaban J connectivity index is 2.43. The van der Waals surface area contributed by atoms with Crippen molar-refractivity contribution in [1.29, 1.82) is 5.26 Å². The number of hydrogen-bond donors (Lipinski definition) is 2. The molecule has 0 saturated heterocycles. The summed E-state index contributed by atoms with van der Waals surface area (Å²) >= 11 is 1.54. The number of nitrogens with one attached hydrogen (secondary N) is 2. The average molecular weight is 297 g/mol. The molecule has 0 aliphatic rings. The summed E-state index contributed by atoms with van der Waals surface area (Å²) < 4.78 is 1.50. The van der Waals surface area contributed by atoms with E-state index in [1.807, 2.05) is 6.92 Å². The van der Waals surface area contributed by atoms with Crippen LogP contribution in [0.1, 0.15) is 39.5 Å². The van der Waals surface area contributed by atoms with Crippen molar-refractivity contribution in [3.63, 3.8) is 0 Å². The average Bonchev–Trinajstić information content (AvgIpc) is 2.79. The number of rotatable bonds is 9. The Morgan fingerprint density at radius 2 is 2.30 bits per heavy atom. The highest BCUT2D eigenvalue weighted by Crippen LogP contribution is 2.20. The van der Waals surface area contributed by atoms with Gasteiger partial charge in [-0.1, -0.05) is 25.6 Å². The van der Waals surface area contributed by atoms with E-state index in [-0.39, 0.29) is 5.69 Å². The van der Waals surface area contributed by atoms with Crippen LogP contribution in [-0.2, 0) is 7.05 Å². The minimum Gasteiger partial charge on any atom is -0.299 e. The fourth-order valence-corrected chi connectivity index (χ4v) is 2.79. The van der Waals surface area contributed by atoms with Crippen molar-refractivity contribution in [2.24, 2.45) is 7.05 Å². The Labute approximate surface area is 123 Å². The summed E-state index contributed by atoms with van der Waals surface area (Å²) in [4.78, 5) is 11.2. The summed E-state index contributed by atoms with van der Waals surface area (Å²) in [6.07, 6.45) is 3.54. The third-order valence-corrected chi connectivity index (χ3v) is 4.46. The number of nitriles is 1. The number of thioether (sulfide) groups is 1. The van der Waals surface area contributed by atoms with Gasteiger partial charge in [0.2, 0.25) is 0 Å².